The van der Waals surface area contributed by atoms with E-state index in [1.165, 1.54) is 18.5 Å². The van der Waals surface area contributed by atoms with Crippen LogP contribution >= 0.6 is 0 Å². The van der Waals surface area contributed by atoms with Gasteiger partial charge in [0.25, 0.3) is 0 Å². The second-order valence-corrected chi connectivity index (χ2v) is 1.16. The van der Waals surface area contributed by atoms with E-state index >= 15 is 0 Å². The zero-order valence-corrected chi connectivity index (χ0v) is 4.52. The van der Waals surface area contributed by atoms with Gasteiger partial charge in [0.15, 0.2) is 0 Å². The van der Waals surface area contributed by atoms with Crippen LogP contribution in [-0.4, -0.2) is 5.84 Å². The molecule has 0 aromatic heterocycles. The first-order valence-electron chi connectivity index (χ1n) is 2.15. The van der Waals surface area contributed by atoms with Crippen LogP contribution in [0.2, 0.25) is 0 Å². The van der Waals surface area contributed by atoms with Gasteiger partial charge in [-0.1, -0.05) is 6.58 Å². The van der Waals surface area contributed by atoms with E-state index in [0.29, 0.717) is 0 Å². The second kappa shape index (κ2) is 3.92. The maximum Gasteiger partial charge on any atom is 0.116 e. The molecule has 3 heteroatoms. The summed E-state index contributed by atoms with van der Waals surface area (Å²) in [7, 11) is 0. The average molecular weight is 111 g/mol. The predicted octanol–water partition coefficient (Wildman–Crippen LogP) is 0.169. The van der Waals surface area contributed by atoms with Crippen molar-refractivity contribution < 1.29 is 0 Å². The summed E-state index contributed by atoms with van der Waals surface area (Å²) in [5.41, 5.74) is 4.96. The maximum absolute atomic E-state index is 6.69. The third-order valence-electron chi connectivity index (χ3n) is 0.477. The van der Waals surface area contributed by atoms with Gasteiger partial charge >= 0.3 is 0 Å². The van der Waals surface area contributed by atoms with Crippen molar-refractivity contribution in [3.05, 3.63) is 25.1 Å². The molecule has 0 fully saturated rings. The standard InChI is InChI=1S/C5H9N3/c1-2-8-4-3-5(6)7/h2-4,8H,1H2,(H3,6,7). The van der Waals surface area contributed by atoms with E-state index in [0.717, 1.165) is 0 Å². The lowest BCUT2D eigenvalue weighted by Gasteiger charge is -1.84. The molecule has 0 rings (SSSR count). The molecule has 0 unspecified atom stereocenters. The fraction of sp³-hybridized carbons (Fsp3) is 0. The number of hydrogen-bond donors (Lipinski definition) is 3. The van der Waals surface area contributed by atoms with Crippen molar-refractivity contribution in [3.63, 3.8) is 0 Å². The van der Waals surface area contributed by atoms with Crippen LogP contribution in [0.3, 0.4) is 0 Å². The van der Waals surface area contributed by atoms with Gasteiger partial charge in [-0.25, -0.2) is 0 Å². The van der Waals surface area contributed by atoms with Crippen molar-refractivity contribution in [2.75, 3.05) is 0 Å². The number of hydrogen-bond acceptors (Lipinski definition) is 2. The molecule has 0 aromatic carbocycles. The van der Waals surface area contributed by atoms with Gasteiger partial charge in [-0.15, -0.1) is 0 Å². The molecule has 0 bridgehead atoms. The zero-order chi connectivity index (χ0) is 6.41. The highest BCUT2D eigenvalue weighted by molar-refractivity contribution is 5.88. The SMILES string of the molecule is C=CNC=CC(=N)N. The van der Waals surface area contributed by atoms with Crippen LogP contribution in [-0.2, 0) is 0 Å². The van der Waals surface area contributed by atoms with Crippen LogP contribution < -0.4 is 11.1 Å². The molecule has 0 atom stereocenters. The van der Waals surface area contributed by atoms with Crippen LogP contribution in [0.25, 0.3) is 0 Å². The first-order valence-corrected chi connectivity index (χ1v) is 2.15. The molecule has 0 saturated carbocycles. The Balaban J connectivity index is 3.34. The number of amidine groups is 1. The predicted molar refractivity (Wildman–Crippen MR) is 34.4 cm³/mol. The van der Waals surface area contributed by atoms with Gasteiger partial charge in [0.2, 0.25) is 0 Å². The number of rotatable bonds is 3. The molecule has 0 aliphatic heterocycles. The molecule has 0 amide bonds. The molecular weight excluding hydrogens is 102 g/mol. The van der Waals surface area contributed by atoms with Crippen LogP contribution in [0.1, 0.15) is 0 Å². The largest absolute Gasteiger partial charge is 0.384 e. The van der Waals surface area contributed by atoms with Crippen LogP contribution in [0, 0.1) is 5.41 Å². The summed E-state index contributed by atoms with van der Waals surface area (Å²) in [4.78, 5) is 0. The number of nitrogens with one attached hydrogen (secondary N) is 2. The van der Waals surface area contributed by atoms with Gasteiger partial charge in [0.05, 0.1) is 0 Å². The Morgan fingerprint density at radius 1 is 1.75 bits per heavy atom. The average Bonchev–Trinajstić information content (AvgIpc) is 1.66. The molecule has 8 heavy (non-hydrogen) atoms. The highest BCUT2D eigenvalue weighted by Gasteiger charge is 1.70. The minimum atomic E-state index is 0.0272. The van der Waals surface area contributed by atoms with Gasteiger partial charge in [0.1, 0.15) is 5.84 Å². The fourth-order valence-corrected chi connectivity index (χ4v) is 0.206. The Morgan fingerprint density at radius 3 is 2.75 bits per heavy atom. The molecule has 0 radical (unpaired) electrons. The Kier molecular flexibility index (Phi) is 3.31. The second-order valence-electron chi connectivity index (χ2n) is 1.16. The molecule has 44 valence electrons. The molecule has 0 spiro atoms. The first-order chi connectivity index (χ1) is 3.77. The minimum absolute atomic E-state index is 0.0272. The fourth-order valence-electron chi connectivity index (χ4n) is 0.206. The molecular formula is C5H9N3. The third kappa shape index (κ3) is 4.75. The summed E-state index contributed by atoms with van der Waals surface area (Å²) >= 11 is 0. The topological polar surface area (TPSA) is 61.9 Å². The molecule has 0 aliphatic rings. The van der Waals surface area contributed by atoms with Gasteiger partial charge in [0, 0.05) is 6.20 Å². The van der Waals surface area contributed by atoms with Crippen molar-refractivity contribution in [3.8, 4) is 0 Å². The number of nitrogens with two attached hydrogens (primary N) is 1. The van der Waals surface area contributed by atoms with Gasteiger partial charge in [-0.3, -0.25) is 5.41 Å². The van der Waals surface area contributed by atoms with Crippen molar-refractivity contribution in [1.29, 1.82) is 5.41 Å². The van der Waals surface area contributed by atoms with E-state index in [-0.39, 0.29) is 5.84 Å². The van der Waals surface area contributed by atoms with Crippen molar-refractivity contribution >= 4 is 5.84 Å². The summed E-state index contributed by atoms with van der Waals surface area (Å²) in [6.45, 7) is 3.38. The highest BCUT2D eigenvalue weighted by Crippen LogP contribution is 1.63. The summed E-state index contributed by atoms with van der Waals surface area (Å²) < 4.78 is 0. The van der Waals surface area contributed by atoms with Gasteiger partial charge in [-0.2, -0.15) is 0 Å². The van der Waals surface area contributed by atoms with Crippen LogP contribution in [0.15, 0.2) is 25.1 Å². The summed E-state index contributed by atoms with van der Waals surface area (Å²) in [6, 6.07) is 0. The molecule has 0 heterocycles. The Morgan fingerprint density at radius 2 is 2.38 bits per heavy atom. The molecule has 4 N–H and O–H groups in total. The van der Waals surface area contributed by atoms with E-state index < -0.39 is 0 Å². The van der Waals surface area contributed by atoms with Crippen LogP contribution in [0.4, 0.5) is 0 Å². The van der Waals surface area contributed by atoms with Crippen LogP contribution in [0.5, 0.6) is 0 Å². The lowest BCUT2D eigenvalue weighted by molar-refractivity contribution is 1.20. The molecule has 0 aliphatic carbocycles. The quantitative estimate of drug-likeness (QED) is 0.359. The maximum atomic E-state index is 6.69. The van der Waals surface area contributed by atoms with E-state index in [2.05, 4.69) is 11.9 Å². The summed E-state index contributed by atoms with van der Waals surface area (Å²) in [5, 5.41) is 9.33. The van der Waals surface area contributed by atoms with Crippen molar-refractivity contribution in [2.45, 2.75) is 0 Å². The van der Waals surface area contributed by atoms with E-state index in [4.69, 9.17) is 11.1 Å². The third-order valence-corrected chi connectivity index (χ3v) is 0.477. The normalized spacial score (nSPS) is 9.00. The van der Waals surface area contributed by atoms with E-state index in [1.807, 2.05) is 0 Å². The van der Waals surface area contributed by atoms with E-state index in [1.54, 1.807) is 0 Å². The van der Waals surface area contributed by atoms with E-state index in [9.17, 15) is 0 Å². The Hall–Kier alpha value is -1.25. The van der Waals surface area contributed by atoms with Gasteiger partial charge < -0.3 is 11.1 Å². The lowest BCUT2D eigenvalue weighted by Crippen LogP contribution is -2.06. The van der Waals surface area contributed by atoms with Gasteiger partial charge in [-0.05, 0) is 12.3 Å². The summed E-state index contributed by atoms with van der Waals surface area (Å²) in [6.07, 6.45) is 4.47. The summed E-state index contributed by atoms with van der Waals surface area (Å²) in [5.74, 6) is 0.0272. The molecule has 0 saturated heterocycles. The molecule has 3 nitrogen and oxygen atoms in total. The minimum Gasteiger partial charge on any atom is -0.384 e. The smallest absolute Gasteiger partial charge is 0.116 e. The Labute approximate surface area is 48.4 Å². The monoisotopic (exact) mass is 111 g/mol. The lowest BCUT2D eigenvalue weighted by atomic mass is 10.6. The van der Waals surface area contributed by atoms with Crippen molar-refractivity contribution in [2.24, 2.45) is 5.73 Å². The highest BCUT2D eigenvalue weighted by atomic mass is 14.8. The zero-order valence-electron chi connectivity index (χ0n) is 4.52. The van der Waals surface area contributed by atoms with Crippen molar-refractivity contribution in [1.82, 2.24) is 5.32 Å². The molecule has 0 aromatic rings. The first kappa shape index (κ1) is 6.75. The Bertz CT molecular complexity index is 115.